The first kappa shape index (κ1) is 16.8. The molecular formula is C21H13Cl2N5O. The molecule has 1 aliphatic rings. The van der Waals surface area contributed by atoms with Gasteiger partial charge in [0.2, 0.25) is 0 Å². The quantitative estimate of drug-likeness (QED) is 0.430. The third kappa shape index (κ3) is 2.33. The number of nitrogens with zero attached hydrogens (tertiary/aromatic N) is 4. The first-order valence-corrected chi connectivity index (χ1v) is 9.91. The van der Waals surface area contributed by atoms with Crippen LogP contribution in [0.25, 0.3) is 39.1 Å². The van der Waals surface area contributed by atoms with Crippen molar-refractivity contribution in [1.29, 1.82) is 0 Å². The zero-order valence-electron chi connectivity index (χ0n) is 15.0. The first-order chi connectivity index (χ1) is 14.1. The highest BCUT2D eigenvalue weighted by atomic mass is 35.5. The highest BCUT2D eigenvalue weighted by molar-refractivity contribution is 6.35. The summed E-state index contributed by atoms with van der Waals surface area (Å²) in [4.78, 5) is 21.5. The van der Waals surface area contributed by atoms with E-state index < -0.39 is 0 Å². The largest absolute Gasteiger partial charge is 0.352 e. The molecule has 5 aromatic rings. The fourth-order valence-corrected chi connectivity index (χ4v) is 4.59. The van der Waals surface area contributed by atoms with Gasteiger partial charge in [-0.05, 0) is 36.2 Å². The van der Waals surface area contributed by atoms with Gasteiger partial charge in [0, 0.05) is 22.5 Å². The van der Waals surface area contributed by atoms with Crippen LogP contribution in [0.15, 0.2) is 53.5 Å². The number of aromatic amines is 1. The molecule has 0 aliphatic carbocycles. The minimum Gasteiger partial charge on any atom is -0.352 e. The number of rotatable bonds is 1. The van der Waals surface area contributed by atoms with Gasteiger partial charge in [-0.15, -0.1) is 0 Å². The van der Waals surface area contributed by atoms with Gasteiger partial charge < -0.3 is 4.98 Å². The van der Waals surface area contributed by atoms with Crippen LogP contribution in [0, 0.1) is 0 Å². The Morgan fingerprint density at radius 2 is 1.93 bits per heavy atom. The van der Waals surface area contributed by atoms with Crippen LogP contribution in [0.3, 0.4) is 0 Å². The average molecular weight is 422 g/mol. The van der Waals surface area contributed by atoms with E-state index in [9.17, 15) is 4.79 Å². The third-order valence-corrected chi connectivity index (χ3v) is 5.99. The number of para-hydroxylation sites is 1. The predicted molar refractivity (Wildman–Crippen MR) is 114 cm³/mol. The smallest absolute Gasteiger partial charge is 0.264 e. The molecule has 2 aromatic carbocycles. The summed E-state index contributed by atoms with van der Waals surface area (Å²) in [6, 6.07) is 13.3. The number of aryl methyl sites for hydroxylation is 1. The van der Waals surface area contributed by atoms with Crippen molar-refractivity contribution in [3.05, 3.63) is 74.6 Å². The summed E-state index contributed by atoms with van der Waals surface area (Å²) >= 11 is 12.4. The monoisotopic (exact) mass is 421 g/mol. The summed E-state index contributed by atoms with van der Waals surface area (Å²) in [5.74, 6) is 0.617. The van der Waals surface area contributed by atoms with Gasteiger partial charge in [0.05, 0.1) is 22.6 Å². The lowest BCUT2D eigenvalue weighted by Gasteiger charge is -2.18. The van der Waals surface area contributed by atoms with Gasteiger partial charge in [-0.3, -0.25) is 9.36 Å². The first-order valence-electron chi connectivity index (χ1n) is 9.16. The Balaban J connectivity index is 1.67. The number of nitrogens with one attached hydrogen (secondary N) is 1. The van der Waals surface area contributed by atoms with Crippen LogP contribution in [-0.4, -0.2) is 24.3 Å². The molecule has 0 atom stereocenters. The van der Waals surface area contributed by atoms with Gasteiger partial charge in [0.15, 0.2) is 11.5 Å². The lowest BCUT2D eigenvalue weighted by molar-refractivity contribution is 0.652. The maximum absolute atomic E-state index is 13.2. The molecule has 0 bridgehead atoms. The summed E-state index contributed by atoms with van der Waals surface area (Å²) in [6.07, 6.45) is 2.32. The maximum Gasteiger partial charge on any atom is 0.264 e. The highest BCUT2D eigenvalue weighted by Gasteiger charge is 2.25. The molecule has 0 unspecified atom stereocenters. The molecule has 4 heterocycles. The summed E-state index contributed by atoms with van der Waals surface area (Å²) in [5.41, 5.74) is 4.08. The van der Waals surface area contributed by atoms with E-state index >= 15 is 0 Å². The van der Waals surface area contributed by atoms with Crippen LogP contribution < -0.4 is 5.56 Å². The number of H-pyrrole nitrogens is 1. The van der Waals surface area contributed by atoms with E-state index in [1.165, 1.54) is 5.56 Å². The number of halogens is 2. The molecule has 6 rings (SSSR count). The normalized spacial score (nSPS) is 13.0. The number of fused-ring (bicyclic) bond motifs is 6. The summed E-state index contributed by atoms with van der Waals surface area (Å²) in [5, 5.41) is 6.98. The number of aromatic nitrogens is 5. The minimum absolute atomic E-state index is 0.106. The molecular weight excluding hydrogens is 409 g/mol. The van der Waals surface area contributed by atoms with E-state index in [0.29, 0.717) is 39.1 Å². The molecule has 0 saturated carbocycles. The van der Waals surface area contributed by atoms with Crippen molar-refractivity contribution in [2.45, 2.75) is 13.0 Å². The molecule has 0 amide bonds. The van der Waals surface area contributed by atoms with Crippen LogP contribution in [-0.2, 0) is 13.0 Å². The Hall–Kier alpha value is -3.09. The van der Waals surface area contributed by atoms with Crippen molar-refractivity contribution >= 4 is 45.1 Å². The van der Waals surface area contributed by atoms with Crippen molar-refractivity contribution in [3.8, 4) is 17.2 Å². The van der Waals surface area contributed by atoms with Gasteiger partial charge in [-0.1, -0.05) is 41.4 Å². The van der Waals surface area contributed by atoms with Crippen molar-refractivity contribution in [2.24, 2.45) is 0 Å². The Morgan fingerprint density at radius 3 is 2.79 bits per heavy atom. The maximum atomic E-state index is 13.2. The lowest BCUT2D eigenvalue weighted by Crippen LogP contribution is -2.27. The Bertz CT molecular complexity index is 1510. The zero-order valence-corrected chi connectivity index (χ0v) is 16.5. The van der Waals surface area contributed by atoms with Gasteiger partial charge >= 0.3 is 0 Å². The van der Waals surface area contributed by atoms with E-state index in [0.717, 1.165) is 23.0 Å². The predicted octanol–water partition coefficient (Wildman–Crippen LogP) is 4.59. The second-order valence-electron chi connectivity index (χ2n) is 7.06. The number of hydrogen-bond acceptors (Lipinski definition) is 3. The Labute approximate surface area is 174 Å². The highest BCUT2D eigenvalue weighted by Crippen LogP contribution is 2.34. The van der Waals surface area contributed by atoms with Crippen molar-refractivity contribution in [3.63, 3.8) is 0 Å². The van der Waals surface area contributed by atoms with E-state index in [-0.39, 0.29) is 5.56 Å². The lowest BCUT2D eigenvalue weighted by atomic mass is 10.0. The molecule has 1 N–H and O–H groups in total. The van der Waals surface area contributed by atoms with Crippen LogP contribution in [0.1, 0.15) is 5.56 Å². The molecule has 8 heteroatoms. The van der Waals surface area contributed by atoms with Gasteiger partial charge in [-0.25, -0.2) is 9.67 Å². The van der Waals surface area contributed by atoms with Crippen molar-refractivity contribution < 1.29 is 0 Å². The molecule has 142 valence electrons. The van der Waals surface area contributed by atoms with E-state index in [4.69, 9.17) is 28.2 Å². The van der Waals surface area contributed by atoms with Crippen LogP contribution in [0.5, 0.6) is 0 Å². The average Bonchev–Trinajstić information content (AvgIpc) is 3.30. The third-order valence-electron chi connectivity index (χ3n) is 5.45. The molecule has 0 fully saturated rings. The molecule has 0 spiro atoms. The van der Waals surface area contributed by atoms with E-state index in [1.807, 2.05) is 18.2 Å². The summed E-state index contributed by atoms with van der Waals surface area (Å²) in [6.45, 7) is 0.582. The van der Waals surface area contributed by atoms with E-state index in [2.05, 4.69) is 16.1 Å². The zero-order chi connectivity index (χ0) is 19.7. The fraction of sp³-hybridized carbons (Fsp3) is 0.0952. The molecule has 3 aromatic heterocycles. The van der Waals surface area contributed by atoms with E-state index in [1.54, 1.807) is 33.6 Å². The molecule has 0 radical (unpaired) electrons. The minimum atomic E-state index is -0.106. The van der Waals surface area contributed by atoms with Gasteiger partial charge in [0.1, 0.15) is 5.39 Å². The molecule has 6 nitrogen and oxygen atoms in total. The van der Waals surface area contributed by atoms with Gasteiger partial charge in [-0.2, -0.15) is 5.10 Å². The standard InChI is InChI=1S/C21H13Cl2N5O/c22-11-5-6-17(15(23)9-11)28-19-14(10-24-28)21(29)27-8-7-13-12-3-1-2-4-16(12)25-18(13)20(27)26-19/h1-6,9-10,25H,7-8H2. The second kappa shape index (κ2) is 5.95. The van der Waals surface area contributed by atoms with Crippen LogP contribution >= 0.6 is 23.2 Å². The Kier molecular flexibility index (Phi) is 3.45. The summed E-state index contributed by atoms with van der Waals surface area (Å²) < 4.78 is 3.31. The summed E-state index contributed by atoms with van der Waals surface area (Å²) in [7, 11) is 0. The molecule has 29 heavy (non-hydrogen) atoms. The molecule has 1 aliphatic heterocycles. The molecule has 0 saturated heterocycles. The van der Waals surface area contributed by atoms with Gasteiger partial charge in [0.25, 0.3) is 5.56 Å². The number of benzene rings is 2. The number of hydrogen-bond donors (Lipinski definition) is 1. The second-order valence-corrected chi connectivity index (χ2v) is 7.90. The van der Waals surface area contributed by atoms with Crippen molar-refractivity contribution in [1.82, 2.24) is 24.3 Å². The van der Waals surface area contributed by atoms with Crippen molar-refractivity contribution in [2.75, 3.05) is 0 Å². The van der Waals surface area contributed by atoms with Crippen LogP contribution in [0.4, 0.5) is 0 Å². The Morgan fingerprint density at radius 1 is 1.07 bits per heavy atom. The fourth-order valence-electron chi connectivity index (χ4n) is 4.10. The SMILES string of the molecule is O=c1c2cnn(-c3ccc(Cl)cc3Cl)c2nc2n1CCc1c-2[nH]c2ccccc12. The topological polar surface area (TPSA) is 68.5 Å². The van der Waals surface area contributed by atoms with Crippen LogP contribution in [0.2, 0.25) is 10.0 Å².